The summed E-state index contributed by atoms with van der Waals surface area (Å²) in [5, 5.41) is 54.2. The molecule has 1 aliphatic rings. The van der Waals surface area contributed by atoms with Gasteiger partial charge in [-0.05, 0) is 44.9 Å². The fraction of sp³-hybridized carbons (Fsp3) is 0.894. The van der Waals surface area contributed by atoms with E-state index in [1.54, 1.807) is 6.08 Å². The first-order valence-electron chi connectivity index (χ1n) is 23.6. The van der Waals surface area contributed by atoms with Gasteiger partial charge in [0.05, 0.1) is 25.4 Å². The van der Waals surface area contributed by atoms with Crippen LogP contribution in [0.1, 0.15) is 213 Å². The van der Waals surface area contributed by atoms with Gasteiger partial charge in [-0.3, -0.25) is 4.79 Å². The molecule has 0 saturated carbocycles. The van der Waals surface area contributed by atoms with Crippen LogP contribution in [0.5, 0.6) is 0 Å². The zero-order valence-electron chi connectivity index (χ0n) is 36.1. The van der Waals surface area contributed by atoms with Crippen LogP contribution in [0.15, 0.2) is 24.3 Å². The summed E-state index contributed by atoms with van der Waals surface area (Å²) in [5.74, 6) is -0.185. The van der Waals surface area contributed by atoms with E-state index >= 15 is 0 Å². The van der Waals surface area contributed by atoms with Crippen molar-refractivity contribution in [2.24, 2.45) is 0 Å². The predicted molar refractivity (Wildman–Crippen MR) is 230 cm³/mol. The first-order chi connectivity index (χ1) is 27.3. The molecule has 56 heavy (non-hydrogen) atoms. The number of hydrogen-bond donors (Lipinski definition) is 6. The van der Waals surface area contributed by atoms with Crippen LogP contribution in [0, 0.1) is 0 Å². The maximum absolute atomic E-state index is 12.9. The Morgan fingerprint density at radius 1 is 0.589 bits per heavy atom. The minimum absolute atomic E-state index is 0.185. The van der Waals surface area contributed by atoms with Gasteiger partial charge in [-0.2, -0.15) is 0 Å². The zero-order chi connectivity index (χ0) is 40.9. The van der Waals surface area contributed by atoms with Gasteiger partial charge in [-0.1, -0.05) is 186 Å². The second-order valence-electron chi connectivity index (χ2n) is 16.5. The highest BCUT2D eigenvalue weighted by Crippen LogP contribution is 2.23. The van der Waals surface area contributed by atoms with E-state index in [2.05, 4.69) is 31.3 Å². The molecule has 6 N–H and O–H groups in total. The Kier molecular flexibility index (Phi) is 35.7. The minimum atomic E-state index is -1.57. The van der Waals surface area contributed by atoms with Crippen LogP contribution >= 0.6 is 0 Å². The number of carbonyl (C=O) groups excluding carboxylic acids is 1. The van der Waals surface area contributed by atoms with Crippen LogP contribution in [0.2, 0.25) is 0 Å². The lowest BCUT2D eigenvalue weighted by molar-refractivity contribution is -0.302. The molecule has 7 unspecified atom stereocenters. The molecule has 0 bridgehead atoms. The third-order valence-corrected chi connectivity index (χ3v) is 11.3. The van der Waals surface area contributed by atoms with Crippen molar-refractivity contribution in [3.8, 4) is 0 Å². The lowest BCUT2D eigenvalue weighted by Crippen LogP contribution is -2.60. The molecule has 1 fully saturated rings. The molecule has 1 amide bonds. The first kappa shape index (κ1) is 52.7. The minimum Gasteiger partial charge on any atom is -0.394 e. The van der Waals surface area contributed by atoms with E-state index in [1.807, 2.05) is 6.08 Å². The average Bonchev–Trinajstić information content (AvgIpc) is 3.20. The summed E-state index contributed by atoms with van der Waals surface area (Å²) in [4.78, 5) is 12.9. The van der Waals surface area contributed by atoms with Gasteiger partial charge in [0.25, 0.3) is 0 Å². The van der Waals surface area contributed by atoms with Crippen LogP contribution in [0.25, 0.3) is 0 Å². The summed E-state index contributed by atoms with van der Waals surface area (Å²) >= 11 is 0. The fourth-order valence-corrected chi connectivity index (χ4v) is 7.44. The highest BCUT2D eigenvalue weighted by molar-refractivity contribution is 5.76. The second-order valence-corrected chi connectivity index (χ2v) is 16.5. The number of hydrogen-bond acceptors (Lipinski definition) is 8. The molecule has 330 valence electrons. The predicted octanol–water partition coefficient (Wildman–Crippen LogP) is 9.89. The van der Waals surface area contributed by atoms with Crippen molar-refractivity contribution < 1.29 is 39.8 Å². The van der Waals surface area contributed by atoms with Gasteiger partial charge >= 0.3 is 0 Å². The smallest absolute Gasteiger partial charge is 0.220 e. The highest BCUT2D eigenvalue weighted by atomic mass is 16.7. The van der Waals surface area contributed by atoms with Crippen molar-refractivity contribution in [1.82, 2.24) is 5.32 Å². The quantitative estimate of drug-likeness (QED) is 0.0266. The van der Waals surface area contributed by atoms with Crippen molar-refractivity contribution >= 4 is 5.91 Å². The summed E-state index contributed by atoms with van der Waals surface area (Å²) in [6.45, 7) is 3.77. The van der Waals surface area contributed by atoms with Crippen LogP contribution in [-0.2, 0) is 14.3 Å². The number of nitrogens with one attached hydrogen (secondary N) is 1. The summed E-state index contributed by atoms with van der Waals surface area (Å²) in [6.07, 6.45) is 37.9. The Hall–Kier alpha value is -1.33. The maximum atomic E-state index is 12.9. The van der Waals surface area contributed by atoms with E-state index in [0.29, 0.717) is 6.42 Å². The molecule has 7 atom stereocenters. The molecule has 0 radical (unpaired) electrons. The van der Waals surface area contributed by atoms with E-state index in [-0.39, 0.29) is 12.5 Å². The monoisotopic (exact) mass is 796 g/mol. The van der Waals surface area contributed by atoms with Gasteiger partial charge in [0.1, 0.15) is 24.4 Å². The standard InChI is InChI=1S/C47H89NO8/c1-3-5-7-9-11-13-15-17-19-20-21-23-24-26-28-30-32-34-36-41(50)40(39-55-47-46(54)45(53)44(52)42(38-49)56-47)48-43(51)37-35-33-31-29-27-25-22-18-16-14-12-10-8-6-4-2/h18,22,34,36,40-42,44-47,49-50,52-54H,3-17,19-21,23-33,35,37-39H2,1-2H3,(H,48,51)/b22-18-,36-34+. The lowest BCUT2D eigenvalue weighted by Gasteiger charge is -2.40. The Balaban J connectivity index is 2.35. The van der Waals surface area contributed by atoms with Gasteiger partial charge in [0.2, 0.25) is 5.91 Å². The SMILES string of the molecule is CCCCCCCC/C=C\CCCCCCCC(=O)NC(COC1OC(CO)C(O)C(O)C1O)C(O)/C=C/CCCCCCCCCCCCCCCCCC. The van der Waals surface area contributed by atoms with E-state index in [4.69, 9.17) is 9.47 Å². The van der Waals surface area contributed by atoms with Gasteiger partial charge in [-0.25, -0.2) is 0 Å². The van der Waals surface area contributed by atoms with E-state index in [9.17, 15) is 30.3 Å². The zero-order valence-corrected chi connectivity index (χ0v) is 36.1. The molecule has 0 aromatic rings. The number of aliphatic hydroxyl groups excluding tert-OH is 5. The fourth-order valence-electron chi connectivity index (χ4n) is 7.44. The van der Waals surface area contributed by atoms with Crippen LogP contribution in [0.3, 0.4) is 0 Å². The molecule has 0 aliphatic carbocycles. The van der Waals surface area contributed by atoms with Gasteiger partial charge in [0, 0.05) is 6.42 Å². The average molecular weight is 796 g/mol. The molecule has 1 rings (SSSR count). The normalized spacial score (nSPS) is 21.3. The van der Waals surface area contributed by atoms with Crippen molar-refractivity contribution in [2.75, 3.05) is 13.2 Å². The topological polar surface area (TPSA) is 149 Å². The van der Waals surface area contributed by atoms with Crippen LogP contribution in [-0.4, -0.2) is 87.5 Å². The summed E-state index contributed by atoms with van der Waals surface area (Å²) in [7, 11) is 0. The molecule has 0 spiro atoms. The number of amides is 1. The van der Waals surface area contributed by atoms with Crippen LogP contribution in [0.4, 0.5) is 0 Å². The largest absolute Gasteiger partial charge is 0.394 e. The molecule has 9 heteroatoms. The first-order valence-corrected chi connectivity index (χ1v) is 23.6. The Bertz CT molecular complexity index is 930. The molecule has 1 saturated heterocycles. The third-order valence-electron chi connectivity index (χ3n) is 11.3. The number of allylic oxidation sites excluding steroid dienone is 3. The lowest BCUT2D eigenvalue weighted by atomic mass is 9.99. The summed E-state index contributed by atoms with van der Waals surface area (Å²) in [5.41, 5.74) is 0. The van der Waals surface area contributed by atoms with Crippen molar-refractivity contribution in [2.45, 2.75) is 256 Å². The number of aliphatic hydroxyl groups is 5. The maximum Gasteiger partial charge on any atom is 0.220 e. The van der Waals surface area contributed by atoms with Crippen molar-refractivity contribution in [3.63, 3.8) is 0 Å². The molecule has 9 nitrogen and oxygen atoms in total. The van der Waals surface area contributed by atoms with Crippen molar-refractivity contribution in [1.29, 1.82) is 0 Å². The molecular formula is C47H89NO8. The van der Waals surface area contributed by atoms with Crippen LogP contribution < -0.4 is 5.32 Å². The highest BCUT2D eigenvalue weighted by Gasteiger charge is 2.44. The number of rotatable bonds is 39. The van der Waals surface area contributed by atoms with Gasteiger partial charge < -0.3 is 40.3 Å². The number of carbonyl (C=O) groups is 1. The molecular weight excluding hydrogens is 707 g/mol. The van der Waals surface area contributed by atoms with E-state index < -0.39 is 49.5 Å². The Morgan fingerprint density at radius 3 is 1.45 bits per heavy atom. The number of ether oxygens (including phenoxy) is 2. The third kappa shape index (κ3) is 28.2. The van der Waals surface area contributed by atoms with E-state index in [0.717, 1.165) is 57.8 Å². The molecule has 0 aromatic carbocycles. The van der Waals surface area contributed by atoms with Gasteiger partial charge in [0.15, 0.2) is 6.29 Å². The molecule has 0 aromatic heterocycles. The summed E-state index contributed by atoms with van der Waals surface area (Å²) in [6, 6.07) is -0.806. The second kappa shape index (κ2) is 37.9. The Labute approximate surface area is 343 Å². The summed E-state index contributed by atoms with van der Waals surface area (Å²) < 4.78 is 11.2. The van der Waals surface area contributed by atoms with Gasteiger partial charge in [-0.15, -0.1) is 0 Å². The molecule has 1 aliphatic heterocycles. The number of unbranched alkanes of at least 4 members (excludes halogenated alkanes) is 27. The van der Waals surface area contributed by atoms with Crippen molar-refractivity contribution in [3.05, 3.63) is 24.3 Å². The van der Waals surface area contributed by atoms with E-state index in [1.165, 1.54) is 135 Å². The Morgan fingerprint density at radius 2 is 1.00 bits per heavy atom. The molecule has 1 heterocycles.